The van der Waals surface area contributed by atoms with Gasteiger partial charge in [-0.1, -0.05) is 121 Å². The molecule has 8 heterocycles. The van der Waals surface area contributed by atoms with Crippen molar-refractivity contribution < 1.29 is 84.0 Å². The maximum atomic E-state index is 14.3. The van der Waals surface area contributed by atoms with Gasteiger partial charge in [-0.05, 0) is 111 Å². The molecule has 24 nitrogen and oxygen atoms in total. The second-order valence-corrected chi connectivity index (χ2v) is 29.5. The molecule has 27 heteroatoms. The van der Waals surface area contributed by atoms with E-state index in [1.54, 1.807) is 63.5 Å². The van der Waals surface area contributed by atoms with Gasteiger partial charge in [-0.25, -0.2) is 28.3 Å². The van der Waals surface area contributed by atoms with Crippen molar-refractivity contribution in [3.63, 3.8) is 0 Å². The van der Waals surface area contributed by atoms with Gasteiger partial charge in [-0.3, -0.25) is 37.4 Å². The lowest BCUT2D eigenvalue weighted by Gasteiger charge is -2.49. The number of carbonyl (C=O) groups is 8. The van der Waals surface area contributed by atoms with Crippen molar-refractivity contribution in [3.05, 3.63) is 250 Å². The number of allylic oxidation sites excluding steroid dienone is 2. The number of nitrogens with zero attached hydrogens (tertiary/aromatic N) is 6. The van der Waals surface area contributed by atoms with Crippen molar-refractivity contribution >= 4 is 81.7 Å². The Morgan fingerprint density at radius 1 is 0.525 bits per heavy atom. The molecule has 12 rings (SSSR count). The quantitative estimate of drug-likeness (QED) is 0.0178. The first kappa shape index (κ1) is 73.8. The number of rotatable bonds is 16. The number of amides is 6. The zero-order valence-electron chi connectivity index (χ0n) is 56.9. The van der Waals surface area contributed by atoms with Gasteiger partial charge >= 0.3 is 24.1 Å². The number of hydrogen-bond donors (Lipinski definition) is 2. The van der Waals surface area contributed by atoms with Gasteiger partial charge in [0.2, 0.25) is 11.8 Å². The van der Waals surface area contributed by atoms with Crippen molar-refractivity contribution in [2.75, 3.05) is 24.6 Å². The van der Waals surface area contributed by atoms with E-state index in [0.717, 1.165) is 33.4 Å². The predicted octanol–water partition coefficient (Wildman–Crippen LogP) is 7.79. The molecular formula is C74H78N8O16S3. The molecule has 101 heavy (non-hydrogen) atoms. The van der Waals surface area contributed by atoms with Crippen LogP contribution in [0.3, 0.4) is 0 Å². The number of β-lactam (4-membered cyclic amide) rings is 2. The first-order chi connectivity index (χ1) is 48.0. The van der Waals surface area contributed by atoms with Crippen LogP contribution in [0.1, 0.15) is 100.0 Å². The van der Waals surface area contributed by atoms with E-state index in [9.17, 15) is 38.4 Å². The summed E-state index contributed by atoms with van der Waals surface area (Å²) in [6, 6.07) is 43.8. The van der Waals surface area contributed by atoms with Crippen LogP contribution in [0, 0.1) is 0 Å². The largest absolute Gasteiger partial charge is 0.759 e. The van der Waals surface area contributed by atoms with Gasteiger partial charge < -0.3 is 48.5 Å². The molecule has 0 bridgehead atoms. The highest BCUT2D eigenvalue weighted by atomic mass is 32.3. The van der Waals surface area contributed by atoms with E-state index in [4.69, 9.17) is 36.5 Å². The lowest BCUT2D eigenvalue weighted by molar-refractivity contribution is -0.671. The molecule has 2 aromatic heterocycles. The van der Waals surface area contributed by atoms with Crippen molar-refractivity contribution in [1.82, 2.24) is 30.2 Å². The fraction of sp³-hybridized carbons (Fsp3) is 0.324. The van der Waals surface area contributed by atoms with Gasteiger partial charge in [0.15, 0.2) is 37.0 Å². The van der Waals surface area contributed by atoms with E-state index in [1.165, 1.54) is 33.3 Å². The van der Waals surface area contributed by atoms with Crippen molar-refractivity contribution in [3.8, 4) is 0 Å². The minimum absolute atomic E-state index is 0.0807. The number of carbonyl (C=O) groups excluding carboxylic acids is 8. The summed E-state index contributed by atoms with van der Waals surface area (Å²) in [4.78, 5) is 115. The smallest absolute Gasteiger partial charge is 0.408 e. The number of alkyl carbamates (subject to hydrolysis) is 2. The Balaban J connectivity index is 0.000000204. The van der Waals surface area contributed by atoms with Crippen LogP contribution < -0.4 is 19.8 Å². The Morgan fingerprint density at radius 3 is 1.11 bits per heavy atom. The van der Waals surface area contributed by atoms with Gasteiger partial charge in [-0.2, -0.15) is 0 Å². The number of thioether (sulfide) groups is 2. The van der Waals surface area contributed by atoms with Crippen LogP contribution in [0.25, 0.3) is 0 Å². The molecular weight excluding hydrogens is 1350 g/mol. The molecule has 0 radical (unpaired) electrons. The van der Waals surface area contributed by atoms with E-state index < -0.39 is 92.6 Å². The number of nitrogens with one attached hydrogen (secondary N) is 2. The van der Waals surface area contributed by atoms with Crippen molar-refractivity contribution in [2.24, 2.45) is 14.1 Å². The van der Waals surface area contributed by atoms with Gasteiger partial charge in [0.1, 0.15) is 59.5 Å². The predicted molar refractivity (Wildman–Crippen MR) is 370 cm³/mol. The zero-order valence-corrected chi connectivity index (χ0v) is 59.3. The van der Waals surface area contributed by atoms with Gasteiger partial charge in [0, 0.05) is 83.5 Å². The van der Waals surface area contributed by atoms with E-state index in [1.807, 2.05) is 194 Å². The van der Waals surface area contributed by atoms with E-state index in [-0.39, 0.29) is 23.2 Å². The number of benzene rings is 4. The summed E-state index contributed by atoms with van der Waals surface area (Å²) < 4.78 is 61.2. The number of likely N-dealkylation sites (tertiary alicyclic amines) is 2. The number of aryl methyl sites for hydroxylation is 2. The standard InChI is InChI=1S/2C37H38N4O6S.H2O4S/c2*1-37(2,3)47-36(45)38-29-33(43)41-30(35(44)46-31(25-11-7-5-8-12-25)26-13-9-6-10-14-26)28(23-48-34(29)41)21-27-17-20-40(32(27)42)22-24-15-18-39(4)19-16-24;1-5(2,3)4/h2*5-16,18-19,21,29,31,34H,17,20,22-23H2,1-4H3;(H2,1,2,3,4)/b2*27-21+;/t2*29-,34-;/m11./s1. The summed E-state index contributed by atoms with van der Waals surface area (Å²) in [5.41, 5.74) is 6.00. The van der Waals surface area contributed by atoms with Crippen LogP contribution in [0.2, 0.25) is 0 Å². The molecule has 6 aromatic rings. The molecule has 4 saturated heterocycles. The molecule has 4 fully saturated rings. The second kappa shape index (κ2) is 31.7. The molecule has 6 aliphatic heterocycles. The number of fused-ring (bicyclic) bond motifs is 2. The van der Waals surface area contributed by atoms with Crippen LogP contribution in [0.15, 0.2) is 216 Å². The molecule has 4 aromatic carbocycles. The average molecular weight is 1430 g/mol. The molecule has 6 aliphatic rings. The molecule has 4 atom stereocenters. The minimum Gasteiger partial charge on any atom is -0.759 e. The first-order valence-electron chi connectivity index (χ1n) is 32.5. The molecule has 2 N–H and O–H groups in total. The lowest BCUT2D eigenvalue weighted by Crippen LogP contribution is -2.70. The highest BCUT2D eigenvalue weighted by molar-refractivity contribution is 8.00. The summed E-state index contributed by atoms with van der Waals surface area (Å²) in [6.07, 6.45) is 9.38. The Bertz CT molecular complexity index is 3990. The van der Waals surface area contributed by atoms with Crippen LogP contribution in [0.5, 0.6) is 0 Å². The van der Waals surface area contributed by atoms with Gasteiger partial charge in [0.05, 0.1) is 0 Å². The van der Waals surface area contributed by atoms with Crippen LogP contribution in [-0.4, -0.2) is 144 Å². The lowest BCUT2D eigenvalue weighted by atomic mass is 10.00. The zero-order chi connectivity index (χ0) is 72.5. The third kappa shape index (κ3) is 18.9. The van der Waals surface area contributed by atoms with Crippen LogP contribution in [-0.2, 0) is 85.3 Å². The first-order valence-corrected chi connectivity index (χ1v) is 35.9. The highest BCUT2D eigenvalue weighted by Gasteiger charge is 2.57. The summed E-state index contributed by atoms with van der Waals surface area (Å²) >= 11 is 2.82. The molecule has 0 spiro atoms. The van der Waals surface area contributed by atoms with E-state index in [2.05, 4.69) is 10.6 Å². The fourth-order valence-electron chi connectivity index (χ4n) is 11.9. The third-order valence-electron chi connectivity index (χ3n) is 16.6. The van der Waals surface area contributed by atoms with Crippen molar-refractivity contribution in [2.45, 2.75) is 114 Å². The number of esters is 2. The summed E-state index contributed by atoms with van der Waals surface area (Å²) in [5.74, 6) is -1.83. The van der Waals surface area contributed by atoms with Gasteiger partial charge in [-0.15, -0.1) is 23.5 Å². The minimum atomic E-state index is -5.17. The molecule has 0 unspecified atom stereocenters. The molecule has 528 valence electrons. The molecule has 0 aliphatic carbocycles. The number of pyridine rings is 2. The van der Waals surface area contributed by atoms with E-state index >= 15 is 0 Å². The highest BCUT2D eigenvalue weighted by Crippen LogP contribution is 2.45. The van der Waals surface area contributed by atoms with Crippen LogP contribution >= 0.6 is 23.5 Å². The summed E-state index contributed by atoms with van der Waals surface area (Å²) in [5, 5.41) is 4.26. The number of aromatic nitrogens is 2. The van der Waals surface area contributed by atoms with Crippen molar-refractivity contribution in [1.29, 1.82) is 0 Å². The third-order valence-corrected chi connectivity index (χ3v) is 19.2. The summed E-state index contributed by atoms with van der Waals surface area (Å²) in [7, 11) is -1.29. The second-order valence-electron chi connectivity index (χ2n) is 26.5. The Hall–Kier alpha value is -9.93. The topological polar surface area (TPSA) is 299 Å². The Morgan fingerprint density at radius 2 is 0.822 bits per heavy atom. The maximum Gasteiger partial charge on any atom is 0.408 e. The number of hydrogen-bond acceptors (Lipinski definition) is 18. The maximum absolute atomic E-state index is 14.3. The van der Waals surface area contributed by atoms with Gasteiger partial charge in [0.25, 0.3) is 11.8 Å². The Labute approximate surface area is 594 Å². The van der Waals surface area contributed by atoms with E-state index in [0.29, 0.717) is 72.8 Å². The van der Waals surface area contributed by atoms with Crippen LogP contribution in [0.4, 0.5) is 9.59 Å². The average Bonchev–Trinajstić information content (AvgIpc) is 0.850. The summed E-state index contributed by atoms with van der Waals surface area (Å²) in [6.45, 7) is 12.5. The SMILES string of the molecule is C[n+]1ccc(CN2CC/C(=C\C3=C(C(=O)OC(c4ccccc4)c4ccccc4)N4C(=O)[C@@H](NC(=O)OC(C)(C)C)[C@H]4SC3)C2=O)cc1.C[n+]1ccc(CN2CC/C(=C\C3=C(C(=O)OC(c4ccccc4)c4ccccc4)N4C(=O)[C@@H](NC(=O)OC(C)(C)C)[C@H]4SC3)C2=O)cc1.O=S(=O)([O-])[O-]. The fourth-order valence-corrected chi connectivity index (χ4v) is 14.5. The Kier molecular flexibility index (Phi) is 23.2. The number of ether oxygens (including phenoxy) is 4. The molecule has 6 amide bonds. The normalized spacial score (nSPS) is 19.7. The molecule has 0 saturated carbocycles. The monoisotopic (exact) mass is 1430 g/mol.